The van der Waals surface area contributed by atoms with Gasteiger partial charge in [0, 0.05) is 12.0 Å². The van der Waals surface area contributed by atoms with Gasteiger partial charge in [-0.05, 0) is 38.0 Å². The van der Waals surface area contributed by atoms with Crippen molar-refractivity contribution in [1.29, 1.82) is 0 Å². The van der Waals surface area contributed by atoms with Crippen molar-refractivity contribution in [2.24, 2.45) is 0 Å². The van der Waals surface area contributed by atoms with E-state index in [0.717, 1.165) is 0 Å². The van der Waals surface area contributed by atoms with Gasteiger partial charge in [-0.15, -0.1) is 0 Å². The molecule has 9 nitrogen and oxygen atoms in total. The lowest BCUT2D eigenvalue weighted by Crippen LogP contribution is -2.15. The van der Waals surface area contributed by atoms with Gasteiger partial charge in [0.2, 0.25) is 0 Å². The molecule has 0 saturated carbocycles. The quantitative estimate of drug-likeness (QED) is 0.447. The van der Waals surface area contributed by atoms with E-state index in [9.17, 15) is 34.5 Å². The molecule has 29 heavy (non-hydrogen) atoms. The number of carbonyl (C=O) groups excluding carboxylic acids is 3. The van der Waals surface area contributed by atoms with Gasteiger partial charge in [0.25, 0.3) is 0 Å². The van der Waals surface area contributed by atoms with E-state index in [1.165, 1.54) is 26.8 Å². The second-order valence-corrected chi connectivity index (χ2v) is 6.59. The summed E-state index contributed by atoms with van der Waals surface area (Å²) in [5.41, 5.74) is -1.42. The van der Waals surface area contributed by atoms with Gasteiger partial charge in [-0.1, -0.05) is 5.75 Å². The topological polar surface area (TPSA) is 150 Å². The smallest absolute Gasteiger partial charge is 0.347 e. The summed E-state index contributed by atoms with van der Waals surface area (Å²) < 4.78 is 11.0. The molecule has 0 aliphatic carbocycles. The highest BCUT2D eigenvalue weighted by molar-refractivity contribution is 6.03. The first kappa shape index (κ1) is 19.9. The number of aromatic carboxylic acids is 1. The van der Waals surface area contributed by atoms with Crippen LogP contribution < -0.4 is 14.6 Å². The number of aromatic hydroxyl groups is 1. The van der Waals surface area contributed by atoms with Crippen LogP contribution in [0.4, 0.5) is 0 Å². The summed E-state index contributed by atoms with van der Waals surface area (Å²) >= 11 is 0. The number of esters is 1. The molecule has 150 valence electrons. The van der Waals surface area contributed by atoms with E-state index < -0.39 is 41.2 Å². The van der Waals surface area contributed by atoms with Gasteiger partial charge in [-0.2, -0.15) is 0 Å². The molecule has 0 amide bonds. The molecule has 0 radical (unpaired) electrons. The average Bonchev–Trinajstić information content (AvgIpc) is 2.75. The predicted molar refractivity (Wildman–Crippen MR) is 95.2 cm³/mol. The zero-order chi connectivity index (χ0) is 21.6. The molecule has 0 unspecified atom stereocenters. The van der Waals surface area contributed by atoms with Crippen LogP contribution in [0.15, 0.2) is 6.07 Å². The van der Waals surface area contributed by atoms with Gasteiger partial charge in [0.05, 0.1) is 11.1 Å². The second kappa shape index (κ2) is 6.93. The number of phenols is 1. The molecule has 0 fully saturated rings. The molecule has 3 rings (SSSR count). The predicted octanol–water partition coefficient (Wildman–Crippen LogP) is 2.05. The maximum absolute atomic E-state index is 12.7. The Bertz CT molecular complexity index is 1110. The molecule has 1 heterocycles. The van der Waals surface area contributed by atoms with E-state index in [-0.39, 0.29) is 51.4 Å². The molecule has 0 atom stereocenters. The normalized spacial score (nSPS) is 12.2. The fourth-order valence-electron chi connectivity index (χ4n) is 3.25. The van der Waals surface area contributed by atoms with Gasteiger partial charge in [-0.25, -0.2) is 9.59 Å². The molecule has 9 heteroatoms. The molecule has 2 N–H and O–H groups in total. The number of benzene rings is 2. The Balaban J connectivity index is 2.43. The summed E-state index contributed by atoms with van der Waals surface area (Å²) in [6, 6.07) is 1.17. The summed E-state index contributed by atoms with van der Waals surface area (Å²) in [7, 11) is 0. The first-order chi connectivity index (χ1) is 13.6. The number of Topliss-reactive ketones (excluding diaryl/α,β-unsaturated/α-hetero) is 1. The summed E-state index contributed by atoms with van der Waals surface area (Å²) in [6.07, 6.45) is -0.211. The Hall–Kier alpha value is -3.88. The molecule has 0 aromatic heterocycles. The number of carboxylic acids is 1. The number of hydrogen-bond acceptors (Lipinski definition) is 8. The number of hydrogen-bond donors (Lipinski definition) is 2. The number of ketones is 1. The monoisotopic (exact) mass is 399 g/mol. The van der Waals surface area contributed by atoms with Crippen LogP contribution in [-0.2, 0) is 11.2 Å². The van der Waals surface area contributed by atoms with Crippen molar-refractivity contribution >= 4 is 24.0 Å². The zero-order valence-corrected chi connectivity index (χ0v) is 15.6. The molecule has 2 aromatic carbocycles. The Labute approximate surface area is 164 Å². The highest BCUT2D eigenvalue weighted by Crippen LogP contribution is 2.49. The Morgan fingerprint density at radius 1 is 1.17 bits per heavy atom. The zero-order valence-electron chi connectivity index (χ0n) is 15.6. The molecule has 0 spiro atoms. The lowest BCUT2D eigenvalue weighted by molar-refractivity contribution is -0.270. The van der Waals surface area contributed by atoms with Crippen LogP contribution in [0, 0.1) is 13.8 Å². The van der Waals surface area contributed by atoms with Crippen LogP contribution in [0.1, 0.15) is 54.7 Å². The molecule has 2 aromatic rings. The number of aryl methyl sites for hydroxylation is 1. The Kier molecular flexibility index (Phi) is 4.75. The third-order valence-corrected chi connectivity index (χ3v) is 4.55. The van der Waals surface area contributed by atoms with E-state index in [1.807, 2.05) is 0 Å². The molecular weight excluding hydrogens is 384 g/mol. The molecular formula is C20H15O9-. The van der Waals surface area contributed by atoms with Crippen molar-refractivity contribution in [3.63, 3.8) is 0 Å². The summed E-state index contributed by atoms with van der Waals surface area (Å²) in [5.74, 6) is -5.43. The van der Waals surface area contributed by atoms with Gasteiger partial charge >= 0.3 is 11.9 Å². The van der Waals surface area contributed by atoms with Gasteiger partial charge in [0.1, 0.15) is 17.1 Å². The van der Waals surface area contributed by atoms with Crippen LogP contribution in [-0.4, -0.2) is 34.2 Å². The van der Waals surface area contributed by atoms with Crippen molar-refractivity contribution in [3.05, 3.63) is 39.4 Å². The van der Waals surface area contributed by atoms with Crippen LogP contribution in [0.2, 0.25) is 0 Å². The van der Waals surface area contributed by atoms with Gasteiger partial charge in [-0.3, -0.25) is 9.59 Å². The van der Waals surface area contributed by atoms with Crippen molar-refractivity contribution in [2.75, 3.05) is 0 Å². The number of ether oxygens (including phenoxy) is 2. The lowest BCUT2D eigenvalue weighted by Gasteiger charge is -2.23. The minimum atomic E-state index is -1.55. The molecule has 0 bridgehead atoms. The van der Waals surface area contributed by atoms with E-state index in [0.29, 0.717) is 0 Å². The van der Waals surface area contributed by atoms with Gasteiger partial charge < -0.3 is 24.8 Å². The number of carboxylic acid groups (broad SMARTS) is 1. The summed E-state index contributed by atoms with van der Waals surface area (Å²) in [5, 5.41) is 32.2. The van der Waals surface area contributed by atoms with Crippen LogP contribution in [0.3, 0.4) is 0 Å². The number of aldehydes is 1. The SMILES string of the molecule is CC(=O)Cc1c([O-])c(C(=O)O)c(C)c2c1OC(=O)c1c(C)cc(O)c(C=O)c1O2. The summed E-state index contributed by atoms with van der Waals surface area (Å²) in [4.78, 5) is 47.5. The van der Waals surface area contributed by atoms with Crippen molar-refractivity contribution in [3.8, 4) is 28.7 Å². The maximum atomic E-state index is 12.7. The third kappa shape index (κ3) is 3.06. The maximum Gasteiger partial charge on any atom is 0.347 e. The molecule has 1 aliphatic rings. The number of carbonyl (C=O) groups is 4. The van der Waals surface area contributed by atoms with Crippen molar-refractivity contribution in [2.45, 2.75) is 27.2 Å². The van der Waals surface area contributed by atoms with E-state index >= 15 is 0 Å². The standard InChI is InChI=1S/C20H16O9/c1-7-4-12(23)11(6-21)17-13(7)20(27)29-18-10(5-8(2)22)15(24)14(19(25)26)9(3)16(18)28-17/h4,6,23-24H,5H2,1-3H3,(H,25,26)/p-1. The van der Waals surface area contributed by atoms with Gasteiger partial charge in [0.15, 0.2) is 23.5 Å². The van der Waals surface area contributed by atoms with Crippen LogP contribution >= 0.6 is 0 Å². The second-order valence-electron chi connectivity index (χ2n) is 6.59. The van der Waals surface area contributed by atoms with Crippen molar-refractivity contribution < 1.29 is 44.0 Å². The van der Waals surface area contributed by atoms with Crippen LogP contribution in [0.5, 0.6) is 28.7 Å². The number of fused-ring (bicyclic) bond motifs is 2. The summed E-state index contributed by atoms with van der Waals surface area (Å²) in [6.45, 7) is 3.93. The number of rotatable bonds is 4. The minimum absolute atomic E-state index is 0.150. The molecule has 1 aliphatic heterocycles. The van der Waals surface area contributed by atoms with Crippen LogP contribution in [0.25, 0.3) is 0 Å². The fourth-order valence-corrected chi connectivity index (χ4v) is 3.25. The highest BCUT2D eigenvalue weighted by atomic mass is 16.6. The minimum Gasteiger partial charge on any atom is -0.872 e. The first-order valence-corrected chi connectivity index (χ1v) is 8.39. The van der Waals surface area contributed by atoms with Crippen molar-refractivity contribution in [1.82, 2.24) is 0 Å². The molecule has 0 saturated heterocycles. The fraction of sp³-hybridized carbons (Fsp3) is 0.200. The largest absolute Gasteiger partial charge is 0.872 e. The third-order valence-electron chi connectivity index (χ3n) is 4.55. The van der Waals surface area contributed by atoms with E-state index in [2.05, 4.69) is 0 Å². The highest BCUT2D eigenvalue weighted by Gasteiger charge is 2.33. The first-order valence-electron chi connectivity index (χ1n) is 8.39. The van der Waals surface area contributed by atoms with E-state index in [4.69, 9.17) is 9.47 Å². The Morgan fingerprint density at radius 3 is 2.38 bits per heavy atom. The Morgan fingerprint density at radius 2 is 1.83 bits per heavy atom. The van der Waals surface area contributed by atoms with E-state index in [1.54, 1.807) is 0 Å². The number of phenolic OH excluding ortho intramolecular Hbond substituents is 1. The lowest BCUT2D eigenvalue weighted by atomic mass is 9.97. The average molecular weight is 399 g/mol.